The third-order valence-corrected chi connectivity index (χ3v) is 6.05. The maximum atomic E-state index is 14.2. The summed E-state index contributed by atoms with van der Waals surface area (Å²) in [5.41, 5.74) is -0.687. The van der Waals surface area contributed by atoms with Crippen LogP contribution in [0.15, 0.2) is 31.1 Å². The van der Waals surface area contributed by atoms with E-state index in [1.807, 2.05) is 4.90 Å². The topological polar surface area (TPSA) is 136 Å². The fraction of sp³-hybridized carbons (Fsp3) is 0.455. The highest BCUT2D eigenvalue weighted by Crippen LogP contribution is 2.36. The molecule has 2 aromatic heterocycles. The fourth-order valence-corrected chi connectivity index (χ4v) is 3.95. The van der Waals surface area contributed by atoms with Crippen LogP contribution in [0.1, 0.15) is 36.0 Å². The number of ether oxygens (including phenoxy) is 2. The summed E-state index contributed by atoms with van der Waals surface area (Å²) in [7, 11) is 1.21. The van der Waals surface area contributed by atoms with E-state index in [9.17, 15) is 18.8 Å². The summed E-state index contributed by atoms with van der Waals surface area (Å²) in [5.74, 6) is -1.33. The van der Waals surface area contributed by atoms with Crippen LogP contribution in [0.5, 0.6) is 5.75 Å². The van der Waals surface area contributed by atoms with Crippen LogP contribution in [-0.4, -0.2) is 65.2 Å². The molecule has 180 valence electrons. The predicted octanol–water partition coefficient (Wildman–Crippen LogP) is 1.45. The number of aromatic nitrogens is 3. The van der Waals surface area contributed by atoms with E-state index >= 15 is 0 Å². The maximum Gasteiger partial charge on any atom is 0.413 e. The number of nitrogens with zero attached hydrogens (tertiary/aromatic N) is 4. The molecule has 2 aromatic rings. The molecule has 1 aliphatic carbocycles. The van der Waals surface area contributed by atoms with Gasteiger partial charge in [-0.05, 0) is 31.6 Å². The van der Waals surface area contributed by atoms with Gasteiger partial charge in [-0.1, -0.05) is 0 Å². The molecular formula is C22H25FN6O5. The molecule has 0 spiro atoms. The SMILES string of the molecule is COC(=O)c1c(F)cncc1N1CCC(CNC(=O)C2(NC(=O)Oc3cncnc3)CC2)CC1. The lowest BCUT2D eigenvalue weighted by atomic mass is 9.96. The van der Waals surface area contributed by atoms with Gasteiger partial charge in [0.1, 0.15) is 17.4 Å². The zero-order chi connectivity index (χ0) is 24.1. The highest BCUT2D eigenvalue weighted by molar-refractivity contribution is 5.96. The molecule has 4 rings (SSSR count). The fourth-order valence-electron chi connectivity index (χ4n) is 3.95. The molecule has 1 saturated carbocycles. The minimum absolute atomic E-state index is 0.125. The molecule has 11 nitrogen and oxygen atoms in total. The molecule has 0 aromatic carbocycles. The number of halogens is 1. The quantitative estimate of drug-likeness (QED) is 0.574. The smallest absolute Gasteiger partial charge is 0.413 e. The van der Waals surface area contributed by atoms with E-state index < -0.39 is 23.4 Å². The number of piperidine rings is 1. The summed E-state index contributed by atoms with van der Waals surface area (Å²) in [5, 5.41) is 5.56. The van der Waals surface area contributed by atoms with Gasteiger partial charge in [0.15, 0.2) is 11.6 Å². The first-order chi connectivity index (χ1) is 16.4. The Hall–Kier alpha value is -3.83. The van der Waals surface area contributed by atoms with Crippen molar-refractivity contribution < 1.29 is 28.2 Å². The van der Waals surface area contributed by atoms with E-state index in [0.717, 1.165) is 19.0 Å². The number of rotatable bonds is 7. The highest BCUT2D eigenvalue weighted by Gasteiger charge is 2.51. The molecule has 3 heterocycles. The molecule has 1 aliphatic heterocycles. The summed E-state index contributed by atoms with van der Waals surface area (Å²) in [6.45, 7) is 1.60. The standard InChI is InChI=1S/C22H25FN6O5/c1-33-19(30)18-16(23)11-24-12-17(18)29-6-2-14(3-7-29)8-27-20(31)22(4-5-22)28-21(32)34-15-9-25-13-26-10-15/h9-14H,2-8H2,1H3,(H,27,31)(H,28,32). The van der Waals surface area contributed by atoms with Crippen LogP contribution in [0.3, 0.4) is 0 Å². The number of carbonyl (C=O) groups excluding carboxylic acids is 3. The Morgan fingerprint density at radius 1 is 1.12 bits per heavy atom. The lowest BCUT2D eigenvalue weighted by molar-refractivity contribution is -0.124. The van der Waals surface area contributed by atoms with Gasteiger partial charge in [0.2, 0.25) is 5.91 Å². The normalized spacial score (nSPS) is 16.9. The number of hydrogen-bond acceptors (Lipinski definition) is 9. The van der Waals surface area contributed by atoms with Crippen molar-refractivity contribution in [2.75, 3.05) is 31.6 Å². The van der Waals surface area contributed by atoms with Crippen molar-refractivity contribution in [3.05, 3.63) is 42.5 Å². The number of amides is 2. The monoisotopic (exact) mass is 472 g/mol. The van der Waals surface area contributed by atoms with Gasteiger partial charge in [0.25, 0.3) is 0 Å². The summed E-state index contributed by atoms with van der Waals surface area (Å²) in [6, 6.07) is 0. The molecule has 0 radical (unpaired) electrons. The summed E-state index contributed by atoms with van der Waals surface area (Å²) >= 11 is 0. The molecule has 12 heteroatoms. The van der Waals surface area contributed by atoms with Gasteiger partial charge in [-0.25, -0.2) is 23.9 Å². The predicted molar refractivity (Wildman–Crippen MR) is 117 cm³/mol. The van der Waals surface area contributed by atoms with Gasteiger partial charge in [-0.3, -0.25) is 9.78 Å². The van der Waals surface area contributed by atoms with Crippen LogP contribution in [0, 0.1) is 11.7 Å². The van der Waals surface area contributed by atoms with Crippen LogP contribution in [0.2, 0.25) is 0 Å². The molecular weight excluding hydrogens is 447 g/mol. The number of anilines is 1. The Morgan fingerprint density at radius 2 is 1.82 bits per heavy atom. The van der Waals surface area contributed by atoms with Gasteiger partial charge in [-0.15, -0.1) is 0 Å². The van der Waals surface area contributed by atoms with E-state index in [1.165, 1.54) is 32.0 Å². The van der Waals surface area contributed by atoms with Crippen molar-refractivity contribution in [2.24, 2.45) is 5.92 Å². The number of pyridine rings is 1. The maximum absolute atomic E-state index is 14.2. The van der Waals surface area contributed by atoms with Crippen molar-refractivity contribution in [1.82, 2.24) is 25.6 Å². The first-order valence-electron chi connectivity index (χ1n) is 10.9. The van der Waals surface area contributed by atoms with Crippen LogP contribution in [0.4, 0.5) is 14.9 Å². The Morgan fingerprint density at radius 3 is 2.47 bits per heavy atom. The Balaban J connectivity index is 1.26. The highest BCUT2D eigenvalue weighted by atomic mass is 19.1. The average molecular weight is 472 g/mol. The largest absolute Gasteiger partial charge is 0.465 e. The Bertz CT molecular complexity index is 1060. The molecule has 2 fully saturated rings. The lowest BCUT2D eigenvalue weighted by Crippen LogP contribution is -2.51. The molecule has 0 atom stereocenters. The second-order valence-electron chi connectivity index (χ2n) is 8.32. The van der Waals surface area contributed by atoms with E-state index in [2.05, 4.69) is 25.6 Å². The van der Waals surface area contributed by atoms with Crippen molar-refractivity contribution >= 4 is 23.7 Å². The first-order valence-corrected chi connectivity index (χ1v) is 10.9. The number of esters is 1. The van der Waals surface area contributed by atoms with Gasteiger partial charge >= 0.3 is 12.1 Å². The van der Waals surface area contributed by atoms with E-state index in [0.29, 0.717) is 38.2 Å². The number of hydrogen-bond donors (Lipinski definition) is 2. The first kappa shape index (κ1) is 23.3. The molecule has 34 heavy (non-hydrogen) atoms. The number of carbonyl (C=O) groups is 3. The van der Waals surface area contributed by atoms with E-state index in [4.69, 9.17) is 9.47 Å². The molecule has 0 bridgehead atoms. The van der Waals surface area contributed by atoms with Gasteiger partial charge in [-0.2, -0.15) is 0 Å². The molecule has 2 amide bonds. The van der Waals surface area contributed by atoms with Crippen LogP contribution in [0.25, 0.3) is 0 Å². The molecule has 2 N–H and O–H groups in total. The Kier molecular flexibility index (Phi) is 6.85. The van der Waals surface area contributed by atoms with Gasteiger partial charge < -0.3 is 25.0 Å². The summed E-state index contributed by atoms with van der Waals surface area (Å²) < 4.78 is 24.0. The summed E-state index contributed by atoms with van der Waals surface area (Å²) in [4.78, 5) is 50.2. The lowest BCUT2D eigenvalue weighted by Gasteiger charge is -2.34. The molecule has 1 saturated heterocycles. The van der Waals surface area contributed by atoms with Crippen LogP contribution < -0.4 is 20.3 Å². The minimum Gasteiger partial charge on any atom is -0.465 e. The van der Waals surface area contributed by atoms with Crippen LogP contribution in [-0.2, 0) is 9.53 Å². The zero-order valence-corrected chi connectivity index (χ0v) is 18.6. The molecule has 2 aliphatic rings. The third-order valence-electron chi connectivity index (χ3n) is 6.05. The van der Waals surface area contributed by atoms with E-state index in [1.54, 1.807) is 0 Å². The van der Waals surface area contributed by atoms with E-state index in [-0.39, 0.29) is 23.1 Å². The Labute approximate surface area is 195 Å². The second kappa shape index (κ2) is 9.98. The third kappa shape index (κ3) is 5.21. The van der Waals surface area contributed by atoms with Gasteiger partial charge in [0.05, 0.1) is 37.6 Å². The zero-order valence-electron chi connectivity index (χ0n) is 18.6. The van der Waals surface area contributed by atoms with Crippen molar-refractivity contribution in [1.29, 1.82) is 0 Å². The van der Waals surface area contributed by atoms with Crippen molar-refractivity contribution in [3.8, 4) is 5.75 Å². The number of nitrogens with one attached hydrogen (secondary N) is 2. The van der Waals surface area contributed by atoms with Crippen LogP contribution >= 0.6 is 0 Å². The van der Waals surface area contributed by atoms with Crippen molar-refractivity contribution in [2.45, 2.75) is 31.2 Å². The average Bonchev–Trinajstić information content (AvgIpc) is 3.63. The summed E-state index contributed by atoms with van der Waals surface area (Å²) in [6.07, 6.45) is 8.25. The second-order valence-corrected chi connectivity index (χ2v) is 8.32. The number of methoxy groups -OCH3 is 1. The van der Waals surface area contributed by atoms with Gasteiger partial charge in [0, 0.05) is 19.6 Å². The molecule has 0 unspecified atom stereocenters. The minimum atomic E-state index is -0.962. The van der Waals surface area contributed by atoms with Crippen molar-refractivity contribution in [3.63, 3.8) is 0 Å².